The molecule has 4 nitrogen and oxygen atoms in total. The molecule has 104 valence electrons. The first-order chi connectivity index (χ1) is 8.39. The number of hydrogen-bond donors (Lipinski definition) is 2. The molecule has 1 saturated carbocycles. The van der Waals surface area contributed by atoms with Gasteiger partial charge in [0.2, 0.25) is 0 Å². The molecule has 2 aliphatic heterocycles. The number of fused-ring (bicyclic) bond motifs is 1. The Kier molecular flexibility index (Phi) is 3.82. The molecule has 3 fully saturated rings. The summed E-state index contributed by atoms with van der Waals surface area (Å²) in [6, 6.07) is 1.91. The summed E-state index contributed by atoms with van der Waals surface area (Å²) in [4.78, 5) is 11.7. The Hall–Kier alpha value is -0.820. The fourth-order valence-electron chi connectivity index (χ4n) is 2.74. The second kappa shape index (κ2) is 5.05. The zero-order valence-electron chi connectivity index (χ0n) is 9.91. The Morgan fingerprint density at radius 1 is 1.22 bits per heavy atom. The monoisotopic (exact) mass is 266 g/mol. The Balaban J connectivity index is 0.000000152. The van der Waals surface area contributed by atoms with E-state index in [4.69, 9.17) is 9.90 Å². The quantitative estimate of drug-likeness (QED) is 0.745. The lowest BCUT2D eigenvalue weighted by molar-refractivity contribution is -0.192. The highest BCUT2D eigenvalue weighted by Gasteiger charge is 2.43. The molecule has 0 amide bonds. The van der Waals surface area contributed by atoms with Gasteiger partial charge >= 0.3 is 12.1 Å². The molecular formula is C11H17F3N2O2. The number of nitrogens with zero attached hydrogens (tertiary/aromatic N) is 1. The summed E-state index contributed by atoms with van der Waals surface area (Å²) in [7, 11) is 0. The van der Waals surface area contributed by atoms with Gasteiger partial charge in [-0.15, -0.1) is 0 Å². The van der Waals surface area contributed by atoms with Gasteiger partial charge in [0, 0.05) is 18.6 Å². The third-order valence-electron chi connectivity index (χ3n) is 3.75. The number of rotatable bonds is 1. The van der Waals surface area contributed by atoms with Crippen molar-refractivity contribution in [2.24, 2.45) is 5.92 Å². The van der Waals surface area contributed by atoms with E-state index in [9.17, 15) is 13.2 Å². The van der Waals surface area contributed by atoms with E-state index in [1.54, 1.807) is 0 Å². The normalized spacial score (nSPS) is 31.7. The summed E-state index contributed by atoms with van der Waals surface area (Å²) in [5.41, 5.74) is 0. The molecule has 2 saturated heterocycles. The molecule has 0 bridgehead atoms. The van der Waals surface area contributed by atoms with Crippen LogP contribution in [0.15, 0.2) is 0 Å². The van der Waals surface area contributed by atoms with Crippen LogP contribution >= 0.6 is 0 Å². The molecule has 0 aromatic carbocycles. The van der Waals surface area contributed by atoms with Gasteiger partial charge in [-0.1, -0.05) is 0 Å². The highest BCUT2D eigenvalue weighted by atomic mass is 19.4. The number of nitrogens with one attached hydrogen (secondary N) is 1. The van der Waals surface area contributed by atoms with E-state index >= 15 is 0 Å². The van der Waals surface area contributed by atoms with Gasteiger partial charge in [-0.2, -0.15) is 13.2 Å². The van der Waals surface area contributed by atoms with Crippen LogP contribution in [0.3, 0.4) is 0 Å². The number of carboxylic acid groups (broad SMARTS) is 1. The van der Waals surface area contributed by atoms with E-state index in [1.165, 1.54) is 38.9 Å². The smallest absolute Gasteiger partial charge is 0.475 e. The molecule has 0 spiro atoms. The molecule has 18 heavy (non-hydrogen) atoms. The summed E-state index contributed by atoms with van der Waals surface area (Å²) in [5.74, 6) is -1.76. The van der Waals surface area contributed by atoms with Crippen LogP contribution in [-0.4, -0.2) is 53.9 Å². The molecule has 0 radical (unpaired) electrons. The van der Waals surface area contributed by atoms with Gasteiger partial charge in [-0.05, 0) is 38.3 Å². The Morgan fingerprint density at radius 3 is 2.33 bits per heavy atom. The maximum absolute atomic E-state index is 10.6. The number of alkyl halides is 3. The lowest BCUT2D eigenvalue weighted by Gasteiger charge is -2.22. The second-order valence-corrected chi connectivity index (χ2v) is 5.05. The van der Waals surface area contributed by atoms with Crippen LogP contribution in [-0.2, 0) is 4.79 Å². The third kappa shape index (κ3) is 3.14. The fraction of sp³-hybridized carbons (Fsp3) is 0.909. The van der Waals surface area contributed by atoms with E-state index in [-0.39, 0.29) is 0 Å². The fourth-order valence-corrected chi connectivity index (χ4v) is 2.74. The van der Waals surface area contributed by atoms with Crippen molar-refractivity contribution in [2.75, 3.05) is 19.6 Å². The molecule has 0 aromatic rings. The van der Waals surface area contributed by atoms with Gasteiger partial charge < -0.3 is 10.4 Å². The first-order valence-electron chi connectivity index (χ1n) is 6.16. The molecule has 2 N–H and O–H groups in total. The maximum atomic E-state index is 10.6. The second-order valence-electron chi connectivity index (χ2n) is 5.05. The van der Waals surface area contributed by atoms with E-state index in [2.05, 4.69) is 10.2 Å². The number of likely N-dealkylation sites (tertiary alicyclic amines) is 1. The minimum absolute atomic E-state index is 0.919. The number of halogens is 3. The van der Waals surface area contributed by atoms with Crippen LogP contribution in [0.4, 0.5) is 13.2 Å². The largest absolute Gasteiger partial charge is 0.490 e. The molecular weight excluding hydrogens is 249 g/mol. The van der Waals surface area contributed by atoms with Crippen molar-refractivity contribution in [2.45, 2.75) is 37.5 Å². The number of aliphatic carboxylic acids is 1. The molecule has 2 heterocycles. The molecule has 3 rings (SSSR count). The minimum Gasteiger partial charge on any atom is -0.475 e. The third-order valence-corrected chi connectivity index (χ3v) is 3.75. The van der Waals surface area contributed by atoms with Crippen LogP contribution in [0.5, 0.6) is 0 Å². The summed E-state index contributed by atoms with van der Waals surface area (Å²) in [5, 5.41) is 10.6. The lowest BCUT2D eigenvalue weighted by atomic mass is 10.1. The maximum Gasteiger partial charge on any atom is 0.490 e. The average Bonchev–Trinajstić information content (AvgIpc) is 2.86. The van der Waals surface area contributed by atoms with Crippen LogP contribution in [0.2, 0.25) is 0 Å². The van der Waals surface area contributed by atoms with E-state index in [1.807, 2.05) is 0 Å². The average molecular weight is 266 g/mol. The topological polar surface area (TPSA) is 52.6 Å². The standard InChI is InChI=1S/C9H16N2.C2HF3O2/c1-2-8(1)11-4-3-7-5-10-6-9(7)11;3-2(4,5)1(6)7/h7-10H,1-6H2;(H,6,7)/t7-,9+;/m0./s1. The summed E-state index contributed by atoms with van der Waals surface area (Å²) in [6.45, 7) is 3.94. The Bertz CT molecular complexity index is 318. The number of carbonyl (C=O) groups is 1. The van der Waals surface area contributed by atoms with Gasteiger partial charge in [-0.25, -0.2) is 4.79 Å². The van der Waals surface area contributed by atoms with Crippen molar-refractivity contribution in [1.82, 2.24) is 10.2 Å². The van der Waals surface area contributed by atoms with Crippen molar-refractivity contribution in [1.29, 1.82) is 0 Å². The lowest BCUT2D eigenvalue weighted by Crippen LogP contribution is -2.35. The zero-order chi connectivity index (χ0) is 13.3. The van der Waals surface area contributed by atoms with Gasteiger partial charge in [0.1, 0.15) is 0 Å². The molecule has 7 heteroatoms. The molecule has 2 atom stereocenters. The van der Waals surface area contributed by atoms with Crippen molar-refractivity contribution in [3.8, 4) is 0 Å². The van der Waals surface area contributed by atoms with E-state index in [0.717, 1.165) is 18.0 Å². The summed E-state index contributed by atoms with van der Waals surface area (Å²) >= 11 is 0. The Morgan fingerprint density at radius 2 is 1.83 bits per heavy atom. The SMILES string of the molecule is C1CC1N1CC[C@H]2CNC[C@H]21.O=C(O)C(F)(F)F. The predicted molar refractivity (Wildman–Crippen MR) is 58.2 cm³/mol. The molecule has 0 unspecified atom stereocenters. The van der Waals surface area contributed by atoms with Crippen molar-refractivity contribution in [3.05, 3.63) is 0 Å². The first kappa shape index (κ1) is 13.6. The molecule has 0 aromatic heterocycles. The van der Waals surface area contributed by atoms with Gasteiger partial charge in [0.05, 0.1) is 0 Å². The van der Waals surface area contributed by atoms with Crippen molar-refractivity contribution >= 4 is 5.97 Å². The number of carboxylic acids is 1. The zero-order valence-corrected chi connectivity index (χ0v) is 9.91. The van der Waals surface area contributed by atoms with Gasteiger partial charge in [0.15, 0.2) is 0 Å². The van der Waals surface area contributed by atoms with Gasteiger partial charge in [0.25, 0.3) is 0 Å². The summed E-state index contributed by atoms with van der Waals surface area (Å²) in [6.07, 6.45) is -0.680. The van der Waals surface area contributed by atoms with Crippen LogP contribution in [0.1, 0.15) is 19.3 Å². The van der Waals surface area contributed by atoms with Crippen molar-refractivity contribution in [3.63, 3.8) is 0 Å². The summed E-state index contributed by atoms with van der Waals surface area (Å²) < 4.78 is 31.7. The van der Waals surface area contributed by atoms with Gasteiger partial charge in [-0.3, -0.25) is 4.90 Å². The van der Waals surface area contributed by atoms with Crippen LogP contribution in [0.25, 0.3) is 0 Å². The van der Waals surface area contributed by atoms with Crippen LogP contribution < -0.4 is 5.32 Å². The minimum atomic E-state index is -5.08. The van der Waals surface area contributed by atoms with E-state index < -0.39 is 12.1 Å². The Labute approximate surface area is 103 Å². The highest BCUT2D eigenvalue weighted by Crippen LogP contribution is 2.37. The molecule has 3 aliphatic rings. The van der Waals surface area contributed by atoms with E-state index in [0.29, 0.717) is 0 Å². The van der Waals surface area contributed by atoms with Crippen molar-refractivity contribution < 1.29 is 23.1 Å². The number of hydrogen-bond acceptors (Lipinski definition) is 3. The first-order valence-corrected chi connectivity index (χ1v) is 6.16. The predicted octanol–water partition coefficient (Wildman–Crippen LogP) is 1.08. The molecule has 1 aliphatic carbocycles. The van der Waals surface area contributed by atoms with Crippen LogP contribution in [0, 0.1) is 5.92 Å². The highest BCUT2D eigenvalue weighted by molar-refractivity contribution is 5.73.